The molecule has 30 heavy (non-hydrogen) atoms. The van der Waals surface area contributed by atoms with E-state index in [-0.39, 0.29) is 42.2 Å². The molecule has 2 atom stereocenters. The fourth-order valence-corrected chi connectivity index (χ4v) is 5.65. The molecule has 2 fully saturated rings. The minimum absolute atomic E-state index is 0.0174. The molecule has 4 nitrogen and oxygen atoms in total. The number of carbonyl (C=O) groups excluding carboxylic acids is 2. The average Bonchev–Trinajstić information content (AvgIpc) is 3.23. The van der Waals surface area contributed by atoms with Crippen molar-refractivity contribution >= 4 is 11.9 Å². The first-order valence-electron chi connectivity index (χ1n) is 10.8. The van der Waals surface area contributed by atoms with E-state index in [9.17, 15) is 9.59 Å². The standard InChI is InChI=1S/C26H25NO3/c1-2-7-25(28)17-14-18-12-13-19(15-17)27(18)26(29)30-16-24-22-10-5-3-8-20(22)21-9-4-6-11-23(21)24/h1,3-6,8-11,17-19,24H,7,12-16H2. The van der Waals surface area contributed by atoms with Crippen LogP contribution in [0.3, 0.4) is 0 Å². The van der Waals surface area contributed by atoms with E-state index < -0.39 is 0 Å². The lowest BCUT2D eigenvalue weighted by Crippen LogP contribution is -2.48. The number of terminal acetylenes is 1. The van der Waals surface area contributed by atoms with E-state index in [1.165, 1.54) is 22.3 Å². The lowest BCUT2D eigenvalue weighted by molar-refractivity contribution is -0.124. The SMILES string of the molecule is C#CCC(=O)C1CC2CCC(C1)N2C(=O)OCC1c2ccccc2-c2ccccc21. The number of carbonyl (C=O) groups is 2. The van der Waals surface area contributed by atoms with Gasteiger partial charge in [0, 0.05) is 23.9 Å². The van der Waals surface area contributed by atoms with E-state index in [4.69, 9.17) is 11.2 Å². The van der Waals surface area contributed by atoms with E-state index >= 15 is 0 Å². The fraction of sp³-hybridized carbons (Fsp3) is 0.385. The number of rotatable bonds is 4. The smallest absolute Gasteiger partial charge is 0.410 e. The summed E-state index contributed by atoms with van der Waals surface area (Å²) in [6.07, 6.45) is 8.55. The van der Waals surface area contributed by atoms with Crippen LogP contribution in [0.1, 0.15) is 49.1 Å². The van der Waals surface area contributed by atoms with Gasteiger partial charge >= 0.3 is 6.09 Å². The highest BCUT2D eigenvalue weighted by Gasteiger charge is 2.45. The molecule has 2 unspecified atom stereocenters. The van der Waals surface area contributed by atoms with E-state index in [2.05, 4.69) is 30.2 Å². The minimum atomic E-state index is -0.243. The number of hydrogen-bond acceptors (Lipinski definition) is 3. The van der Waals surface area contributed by atoms with Crippen LogP contribution in [-0.2, 0) is 9.53 Å². The van der Waals surface area contributed by atoms with Gasteiger partial charge in [-0.25, -0.2) is 4.79 Å². The van der Waals surface area contributed by atoms with Crippen molar-refractivity contribution < 1.29 is 14.3 Å². The number of benzene rings is 2. The Morgan fingerprint density at radius 1 is 0.967 bits per heavy atom. The predicted octanol–water partition coefficient (Wildman–Crippen LogP) is 4.77. The summed E-state index contributed by atoms with van der Waals surface area (Å²) in [5.74, 6) is 2.65. The molecule has 1 amide bonds. The highest BCUT2D eigenvalue weighted by atomic mass is 16.6. The van der Waals surface area contributed by atoms with E-state index in [1.54, 1.807) is 0 Å². The molecule has 2 aliphatic heterocycles. The first kappa shape index (κ1) is 18.9. The monoisotopic (exact) mass is 399 g/mol. The van der Waals surface area contributed by atoms with Gasteiger partial charge in [-0.1, -0.05) is 54.5 Å². The van der Waals surface area contributed by atoms with E-state index in [0.29, 0.717) is 19.4 Å². The second-order valence-electron chi connectivity index (χ2n) is 8.61. The predicted molar refractivity (Wildman–Crippen MR) is 115 cm³/mol. The molecule has 2 heterocycles. The van der Waals surface area contributed by atoms with Crippen LogP contribution >= 0.6 is 0 Å². The van der Waals surface area contributed by atoms with Crippen LogP contribution in [0.2, 0.25) is 0 Å². The molecule has 2 aromatic carbocycles. The summed E-state index contributed by atoms with van der Waals surface area (Å²) in [6, 6.07) is 16.9. The van der Waals surface area contributed by atoms with Gasteiger partial charge in [0.1, 0.15) is 12.4 Å². The Bertz CT molecular complexity index is 977. The Hall–Kier alpha value is -3.06. The largest absolute Gasteiger partial charge is 0.448 e. The Kier molecular flexibility index (Phi) is 4.83. The van der Waals surface area contributed by atoms with Crippen LogP contribution in [0.4, 0.5) is 4.79 Å². The molecule has 0 saturated carbocycles. The van der Waals surface area contributed by atoms with Gasteiger partial charge in [0.05, 0.1) is 6.42 Å². The van der Waals surface area contributed by atoms with Crippen molar-refractivity contribution in [1.82, 2.24) is 4.90 Å². The first-order chi connectivity index (χ1) is 14.7. The van der Waals surface area contributed by atoms with Crippen LogP contribution in [0.5, 0.6) is 0 Å². The summed E-state index contributed by atoms with van der Waals surface area (Å²) in [4.78, 5) is 27.2. The van der Waals surface area contributed by atoms with Gasteiger partial charge in [0.25, 0.3) is 0 Å². The molecular formula is C26H25NO3. The molecule has 2 saturated heterocycles. The molecule has 0 aromatic heterocycles. The molecule has 0 radical (unpaired) electrons. The highest BCUT2D eigenvalue weighted by Crippen LogP contribution is 2.45. The summed E-state index contributed by atoms with van der Waals surface area (Å²) in [5, 5.41) is 0. The van der Waals surface area contributed by atoms with Crippen molar-refractivity contribution in [3.63, 3.8) is 0 Å². The van der Waals surface area contributed by atoms with Gasteiger partial charge in [-0.2, -0.15) is 0 Å². The van der Waals surface area contributed by atoms with Gasteiger partial charge in [0.2, 0.25) is 0 Å². The molecule has 0 N–H and O–H groups in total. The Morgan fingerprint density at radius 2 is 1.53 bits per heavy atom. The van der Waals surface area contributed by atoms with E-state index in [1.807, 2.05) is 29.2 Å². The number of ether oxygens (including phenoxy) is 1. The number of ketones is 1. The van der Waals surface area contributed by atoms with Gasteiger partial charge in [0.15, 0.2) is 0 Å². The summed E-state index contributed by atoms with van der Waals surface area (Å²) >= 11 is 0. The lowest BCUT2D eigenvalue weighted by atomic mass is 9.86. The Labute approximate surface area is 177 Å². The molecule has 2 aromatic rings. The average molecular weight is 399 g/mol. The summed E-state index contributed by atoms with van der Waals surface area (Å²) in [6.45, 7) is 0.336. The maximum absolute atomic E-state index is 13.0. The number of amides is 1. The van der Waals surface area contributed by atoms with Crippen molar-refractivity contribution in [1.29, 1.82) is 0 Å². The third-order valence-electron chi connectivity index (χ3n) is 7.01. The zero-order valence-corrected chi connectivity index (χ0v) is 16.9. The molecular weight excluding hydrogens is 374 g/mol. The molecule has 5 rings (SSSR count). The number of hydrogen-bond donors (Lipinski definition) is 0. The third-order valence-corrected chi connectivity index (χ3v) is 7.01. The van der Waals surface area contributed by atoms with Crippen molar-refractivity contribution in [2.24, 2.45) is 5.92 Å². The van der Waals surface area contributed by atoms with E-state index in [0.717, 1.165) is 12.8 Å². The highest BCUT2D eigenvalue weighted by molar-refractivity contribution is 5.84. The number of piperidine rings is 1. The summed E-state index contributed by atoms with van der Waals surface area (Å²) in [7, 11) is 0. The maximum Gasteiger partial charge on any atom is 0.410 e. The first-order valence-corrected chi connectivity index (χ1v) is 10.8. The normalized spacial score (nSPS) is 24.1. The van der Waals surface area contributed by atoms with Gasteiger partial charge in [-0.05, 0) is 47.9 Å². The fourth-order valence-electron chi connectivity index (χ4n) is 5.65. The molecule has 152 valence electrons. The van der Waals surface area contributed by atoms with Gasteiger partial charge < -0.3 is 9.64 Å². The van der Waals surface area contributed by atoms with Crippen LogP contribution in [0, 0.1) is 18.3 Å². The van der Waals surface area contributed by atoms with Gasteiger partial charge in [-0.15, -0.1) is 6.42 Å². The quantitative estimate of drug-likeness (QED) is 0.696. The van der Waals surface area contributed by atoms with Crippen LogP contribution < -0.4 is 0 Å². The molecule has 2 bridgehead atoms. The Balaban J connectivity index is 1.29. The third kappa shape index (κ3) is 3.10. The summed E-state index contributed by atoms with van der Waals surface area (Å²) < 4.78 is 5.87. The minimum Gasteiger partial charge on any atom is -0.448 e. The lowest BCUT2D eigenvalue weighted by Gasteiger charge is -2.37. The van der Waals surface area contributed by atoms with Crippen molar-refractivity contribution in [3.8, 4) is 23.5 Å². The summed E-state index contributed by atoms with van der Waals surface area (Å²) in [5.41, 5.74) is 4.88. The molecule has 4 heteroatoms. The zero-order valence-electron chi connectivity index (χ0n) is 16.9. The van der Waals surface area contributed by atoms with Crippen molar-refractivity contribution in [2.75, 3.05) is 6.61 Å². The number of nitrogens with zero attached hydrogens (tertiary/aromatic N) is 1. The maximum atomic E-state index is 13.0. The van der Waals surface area contributed by atoms with Crippen molar-refractivity contribution in [2.45, 2.75) is 50.1 Å². The zero-order chi connectivity index (χ0) is 20.7. The molecule has 0 spiro atoms. The second-order valence-corrected chi connectivity index (χ2v) is 8.61. The van der Waals surface area contributed by atoms with Crippen LogP contribution in [-0.4, -0.2) is 35.5 Å². The van der Waals surface area contributed by atoms with Crippen LogP contribution in [0.15, 0.2) is 48.5 Å². The Morgan fingerprint density at radius 3 is 2.10 bits per heavy atom. The number of Topliss-reactive ketones (excluding diaryl/α,β-unsaturated/α-hetero) is 1. The molecule has 3 aliphatic rings. The molecule has 1 aliphatic carbocycles. The van der Waals surface area contributed by atoms with Crippen LogP contribution in [0.25, 0.3) is 11.1 Å². The van der Waals surface area contributed by atoms with Gasteiger partial charge in [-0.3, -0.25) is 4.79 Å². The van der Waals surface area contributed by atoms with Crippen molar-refractivity contribution in [3.05, 3.63) is 59.7 Å². The topological polar surface area (TPSA) is 46.6 Å². The second kappa shape index (κ2) is 7.65. The number of fused-ring (bicyclic) bond motifs is 5.